The predicted octanol–water partition coefficient (Wildman–Crippen LogP) is 3.68. The molecule has 2 atom stereocenters. The number of benzene rings is 1. The van der Waals surface area contributed by atoms with E-state index in [1.54, 1.807) is 16.2 Å². The van der Waals surface area contributed by atoms with E-state index in [1.165, 1.54) is 4.70 Å². The van der Waals surface area contributed by atoms with Crippen LogP contribution in [0.5, 0.6) is 0 Å². The summed E-state index contributed by atoms with van der Waals surface area (Å²) < 4.78 is 1.19. The maximum atomic E-state index is 12.5. The van der Waals surface area contributed by atoms with Crippen LogP contribution < -0.4 is 5.32 Å². The summed E-state index contributed by atoms with van der Waals surface area (Å²) in [6.07, 6.45) is 2.42. The number of carboxylic acids is 1. The molecule has 6 nitrogen and oxygen atoms in total. The van der Waals surface area contributed by atoms with Gasteiger partial charge in [-0.15, -0.1) is 11.3 Å². The third-order valence-corrected chi connectivity index (χ3v) is 6.40. The molecular weight excluding hydrogens is 350 g/mol. The Morgan fingerprint density at radius 2 is 2.04 bits per heavy atom. The minimum Gasteiger partial charge on any atom is -0.480 e. The maximum absolute atomic E-state index is 12.5. The number of para-hydroxylation sites is 1. The molecule has 140 valence electrons. The minimum atomic E-state index is -0.975. The van der Waals surface area contributed by atoms with Gasteiger partial charge in [-0.1, -0.05) is 32.4 Å². The van der Waals surface area contributed by atoms with Gasteiger partial charge in [0.05, 0.1) is 15.2 Å². The molecule has 2 aromatic rings. The Morgan fingerprint density at radius 3 is 2.65 bits per heavy atom. The SMILES string of the molecule is CCC(C)[C@H](NC(=O)N1CCC(c2nc3ccccc3s2)CC1)C(=O)O. The van der Waals surface area contributed by atoms with Crippen molar-refractivity contribution in [2.75, 3.05) is 13.1 Å². The topological polar surface area (TPSA) is 82.5 Å². The Morgan fingerprint density at radius 1 is 1.35 bits per heavy atom. The Bertz CT molecular complexity index is 750. The van der Waals surface area contributed by atoms with Crippen molar-refractivity contribution < 1.29 is 14.7 Å². The van der Waals surface area contributed by atoms with Crippen molar-refractivity contribution in [1.29, 1.82) is 0 Å². The maximum Gasteiger partial charge on any atom is 0.326 e. The molecule has 2 N–H and O–H groups in total. The van der Waals surface area contributed by atoms with Gasteiger partial charge in [0.2, 0.25) is 0 Å². The van der Waals surface area contributed by atoms with Gasteiger partial charge in [-0.2, -0.15) is 0 Å². The van der Waals surface area contributed by atoms with Gasteiger partial charge in [0.25, 0.3) is 0 Å². The van der Waals surface area contributed by atoms with Crippen LogP contribution in [-0.4, -0.2) is 46.1 Å². The van der Waals surface area contributed by atoms with E-state index in [0.717, 1.165) is 23.4 Å². The number of carbonyl (C=O) groups excluding carboxylic acids is 1. The largest absolute Gasteiger partial charge is 0.480 e. The summed E-state index contributed by atoms with van der Waals surface area (Å²) in [5.74, 6) is -0.713. The lowest BCUT2D eigenvalue weighted by atomic mass is 9.97. The van der Waals surface area contributed by atoms with E-state index in [1.807, 2.05) is 32.0 Å². The zero-order valence-electron chi connectivity index (χ0n) is 15.1. The molecular formula is C19H25N3O3S. The van der Waals surface area contributed by atoms with Crippen molar-refractivity contribution >= 4 is 33.6 Å². The summed E-state index contributed by atoms with van der Waals surface area (Å²) in [4.78, 5) is 30.3. The van der Waals surface area contributed by atoms with E-state index in [4.69, 9.17) is 4.98 Å². The first-order valence-corrected chi connectivity index (χ1v) is 9.95. The number of carboxylic acid groups (broad SMARTS) is 1. The molecule has 1 unspecified atom stereocenters. The minimum absolute atomic E-state index is 0.100. The number of urea groups is 1. The standard InChI is InChI=1S/C19H25N3O3S/c1-3-12(2)16(18(23)24)21-19(25)22-10-8-13(9-11-22)17-20-14-6-4-5-7-15(14)26-17/h4-7,12-13,16H,3,8-11H2,1-2H3,(H,21,25)(H,23,24)/t12?,16-/m0/s1. The molecule has 3 rings (SSSR count). The third kappa shape index (κ3) is 3.98. The summed E-state index contributed by atoms with van der Waals surface area (Å²) in [7, 11) is 0. The van der Waals surface area contributed by atoms with Crippen LogP contribution in [0, 0.1) is 5.92 Å². The summed E-state index contributed by atoms with van der Waals surface area (Å²) >= 11 is 1.73. The second kappa shape index (κ2) is 8.03. The highest BCUT2D eigenvalue weighted by atomic mass is 32.1. The second-order valence-corrected chi connectivity index (χ2v) is 7.99. The molecule has 1 aromatic heterocycles. The van der Waals surface area contributed by atoms with E-state index in [-0.39, 0.29) is 11.9 Å². The summed E-state index contributed by atoms with van der Waals surface area (Å²) in [5.41, 5.74) is 1.03. The van der Waals surface area contributed by atoms with Gasteiger partial charge < -0.3 is 15.3 Å². The molecule has 2 amide bonds. The molecule has 0 bridgehead atoms. The van der Waals surface area contributed by atoms with E-state index in [2.05, 4.69) is 11.4 Å². The smallest absolute Gasteiger partial charge is 0.326 e. The van der Waals surface area contributed by atoms with E-state index >= 15 is 0 Å². The Hall–Kier alpha value is -2.15. The lowest BCUT2D eigenvalue weighted by Gasteiger charge is -2.32. The normalized spacial score (nSPS) is 17.8. The summed E-state index contributed by atoms with van der Waals surface area (Å²) in [6, 6.07) is 7.01. The van der Waals surface area contributed by atoms with Crippen molar-refractivity contribution in [3.63, 3.8) is 0 Å². The number of aromatic nitrogens is 1. The van der Waals surface area contributed by atoms with E-state index in [0.29, 0.717) is 25.4 Å². The van der Waals surface area contributed by atoms with Crippen LogP contribution in [0.4, 0.5) is 4.79 Å². The molecule has 0 saturated carbocycles. The van der Waals surface area contributed by atoms with Crippen LogP contribution >= 0.6 is 11.3 Å². The van der Waals surface area contributed by atoms with Crippen molar-refractivity contribution in [2.45, 2.75) is 45.1 Å². The van der Waals surface area contributed by atoms with Crippen molar-refractivity contribution in [3.05, 3.63) is 29.3 Å². The first-order chi connectivity index (χ1) is 12.5. The molecule has 1 aromatic carbocycles. The zero-order chi connectivity index (χ0) is 18.7. The molecule has 0 spiro atoms. The Labute approximate surface area is 157 Å². The number of nitrogens with zero attached hydrogens (tertiary/aromatic N) is 2. The van der Waals surface area contributed by atoms with Gasteiger partial charge in [0.1, 0.15) is 6.04 Å². The Balaban J connectivity index is 1.59. The zero-order valence-corrected chi connectivity index (χ0v) is 16.0. The molecule has 0 radical (unpaired) electrons. The van der Waals surface area contributed by atoms with Crippen LogP contribution in [0.15, 0.2) is 24.3 Å². The lowest BCUT2D eigenvalue weighted by molar-refractivity contribution is -0.140. The van der Waals surface area contributed by atoms with Crippen LogP contribution in [0.3, 0.4) is 0 Å². The quantitative estimate of drug-likeness (QED) is 0.835. The number of rotatable bonds is 5. The fourth-order valence-corrected chi connectivity index (χ4v) is 4.44. The highest BCUT2D eigenvalue weighted by Crippen LogP contribution is 2.33. The Kier molecular flexibility index (Phi) is 5.76. The predicted molar refractivity (Wildman–Crippen MR) is 103 cm³/mol. The monoisotopic (exact) mass is 375 g/mol. The number of nitrogens with one attached hydrogen (secondary N) is 1. The highest BCUT2D eigenvalue weighted by molar-refractivity contribution is 7.18. The summed E-state index contributed by atoms with van der Waals surface area (Å²) in [5, 5.41) is 13.2. The third-order valence-electron chi connectivity index (χ3n) is 5.20. The fourth-order valence-electron chi connectivity index (χ4n) is 3.30. The second-order valence-electron chi connectivity index (χ2n) is 6.93. The number of likely N-dealkylation sites (tertiary alicyclic amines) is 1. The first-order valence-electron chi connectivity index (χ1n) is 9.13. The van der Waals surface area contributed by atoms with E-state index < -0.39 is 12.0 Å². The van der Waals surface area contributed by atoms with Crippen molar-refractivity contribution in [1.82, 2.24) is 15.2 Å². The number of amides is 2. The number of piperidine rings is 1. The lowest BCUT2D eigenvalue weighted by Crippen LogP contribution is -2.52. The molecule has 7 heteroatoms. The number of fused-ring (bicyclic) bond motifs is 1. The van der Waals surface area contributed by atoms with Crippen LogP contribution in [0.25, 0.3) is 10.2 Å². The number of hydrogen-bond acceptors (Lipinski definition) is 4. The molecule has 2 heterocycles. The van der Waals surface area contributed by atoms with Gasteiger partial charge in [-0.05, 0) is 30.9 Å². The van der Waals surface area contributed by atoms with Crippen LogP contribution in [-0.2, 0) is 4.79 Å². The van der Waals surface area contributed by atoms with Crippen molar-refractivity contribution in [3.8, 4) is 0 Å². The van der Waals surface area contributed by atoms with Gasteiger partial charge in [0.15, 0.2) is 0 Å². The molecule has 26 heavy (non-hydrogen) atoms. The average molecular weight is 375 g/mol. The fraction of sp³-hybridized carbons (Fsp3) is 0.526. The van der Waals surface area contributed by atoms with Gasteiger partial charge in [-0.25, -0.2) is 14.6 Å². The molecule has 1 fully saturated rings. The van der Waals surface area contributed by atoms with E-state index in [9.17, 15) is 14.7 Å². The summed E-state index contributed by atoms with van der Waals surface area (Å²) in [6.45, 7) is 5.02. The molecule has 1 aliphatic heterocycles. The van der Waals surface area contributed by atoms with Gasteiger partial charge in [-0.3, -0.25) is 0 Å². The first kappa shape index (κ1) is 18.6. The van der Waals surface area contributed by atoms with Gasteiger partial charge >= 0.3 is 12.0 Å². The number of thiazole rings is 1. The molecule has 1 saturated heterocycles. The molecule has 0 aliphatic carbocycles. The van der Waals surface area contributed by atoms with Crippen LogP contribution in [0.1, 0.15) is 44.0 Å². The number of hydrogen-bond donors (Lipinski definition) is 2. The number of carbonyl (C=O) groups is 2. The number of aliphatic carboxylic acids is 1. The average Bonchev–Trinajstić information content (AvgIpc) is 3.09. The van der Waals surface area contributed by atoms with Gasteiger partial charge in [0, 0.05) is 19.0 Å². The highest BCUT2D eigenvalue weighted by Gasteiger charge is 2.30. The van der Waals surface area contributed by atoms with Crippen LogP contribution in [0.2, 0.25) is 0 Å². The molecule has 1 aliphatic rings. The van der Waals surface area contributed by atoms with Crippen molar-refractivity contribution in [2.24, 2.45) is 5.92 Å².